The highest BCUT2D eigenvalue weighted by atomic mass is 16.5. The van der Waals surface area contributed by atoms with Crippen LogP contribution < -0.4 is 5.32 Å². The maximum absolute atomic E-state index is 11.6. The third-order valence-corrected chi connectivity index (χ3v) is 2.53. The summed E-state index contributed by atoms with van der Waals surface area (Å²) in [5, 5.41) is 2.64. The maximum Gasteiger partial charge on any atom is 0.328 e. The number of carbonyl (C=O) groups excluding carboxylic acids is 2. The van der Waals surface area contributed by atoms with E-state index in [4.69, 9.17) is 4.74 Å². The van der Waals surface area contributed by atoms with Gasteiger partial charge in [0.05, 0.1) is 13.2 Å². The van der Waals surface area contributed by atoms with Crippen LogP contribution in [0.15, 0.2) is 0 Å². The van der Waals surface area contributed by atoms with E-state index >= 15 is 0 Å². The van der Waals surface area contributed by atoms with Gasteiger partial charge in [0.1, 0.15) is 12.6 Å². The Balaban J connectivity index is 4.33. The Morgan fingerprint density at radius 1 is 1.24 bits per heavy atom. The fourth-order valence-corrected chi connectivity index (χ4v) is 1.25. The summed E-state index contributed by atoms with van der Waals surface area (Å²) in [4.78, 5) is 23.1. The van der Waals surface area contributed by atoms with Gasteiger partial charge in [-0.25, -0.2) is 4.79 Å². The monoisotopic (exact) mass is 245 g/mol. The van der Waals surface area contributed by atoms with Gasteiger partial charge in [0.2, 0.25) is 5.91 Å². The van der Waals surface area contributed by atoms with Crippen molar-refractivity contribution in [3.63, 3.8) is 0 Å². The Labute approximate surface area is 103 Å². The standard InChI is InChI=1S/C12H23NO4/c1-6-9(4)11(12(15)16-5)13-10(14)7-17-8(2)3/h8-9,11H,6-7H2,1-5H3,(H,13,14). The molecule has 2 unspecified atom stereocenters. The first kappa shape index (κ1) is 15.9. The Hall–Kier alpha value is -1.10. The van der Waals surface area contributed by atoms with E-state index in [0.29, 0.717) is 0 Å². The van der Waals surface area contributed by atoms with Crippen LogP contribution in [0.2, 0.25) is 0 Å². The van der Waals surface area contributed by atoms with E-state index in [-0.39, 0.29) is 24.5 Å². The lowest BCUT2D eigenvalue weighted by atomic mass is 9.99. The molecule has 0 saturated heterocycles. The number of nitrogens with one attached hydrogen (secondary N) is 1. The van der Waals surface area contributed by atoms with Gasteiger partial charge in [0.25, 0.3) is 0 Å². The molecule has 1 amide bonds. The van der Waals surface area contributed by atoms with Crippen molar-refractivity contribution >= 4 is 11.9 Å². The molecule has 1 N–H and O–H groups in total. The molecular weight excluding hydrogens is 222 g/mol. The number of ether oxygens (including phenoxy) is 2. The first-order chi connectivity index (χ1) is 7.92. The van der Waals surface area contributed by atoms with E-state index in [1.165, 1.54) is 7.11 Å². The van der Waals surface area contributed by atoms with Crippen LogP contribution in [0, 0.1) is 5.92 Å². The van der Waals surface area contributed by atoms with Gasteiger partial charge in [-0.2, -0.15) is 0 Å². The summed E-state index contributed by atoms with van der Waals surface area (Å²) in [7, 11) is 1.31. The summed E-state index contributed by atoms with van der Waals surface area (Å²) in [5.74, 6) is -0.683. The highest BCUT2D eigenvalue weighted by molar-refractivity contribution is 5.85. The molecule has 0 bridgehead atoms. The number of hydrogen-bond acceptors (Lipinski definition) is 4. The normalized spacial score (nSPS) is 14.2. The van der Waals surface area contributed by atoms with Crippen molar-refractivity contribution in [2.75, 3.05) is 13.7 Å². The predicted molar refractivity (Wildman–Crippen MR) is 64.5 cm³/mol. The Bertz CT molecular complexity index is 253. The molecule has 5 heteroatoms. The molecule has 0 fully saturated rings. The number of carbonyl (C=O) groups is 2. The number of amides is 1. The van der Waals surface area contributed by atoms with E-state index < -0.39 is 12.0 Å². The SMILES string of the molecule is CCC(C)C(NC(=O)COC(C)C)C(=O)OC. The number of methoxy groups -OCH3 is 1. The highest BCUT2D eigenvalue weighted by Crippen LogP contribution is 2.09. The molecule has 2 atom stereocenters. The highest BCUT2D eigenvalue weighted by Gasteiger charge is 2.26. The van der Waals surface area contributed by atoms with Gasteiger partial charge in [-0.15, -0.1) is 0 Å². The van der Waals surface area contributed by atoms with Crippen molar-refractivity contribution in [2.45, 2.75) is 46.3 Å². The van der Waals surface area contributed by atoms with Gasteiger partial charge in [0, 0.05) is 0 Å². The minimum absolute atomic E-state index is 0.0130. The third kappa shape index (κ3) is 6.26. The van der Waals surface area contributed by atoms with Crippen molar-refractivity contribution in [2.24, 2.45) is 5.92 Å². The van der Waals surface area contributed by atoms with E-state index in [2.05, 4.69) is 10.1 Å². The zero-order chi connectivity index (χ0) is 13.4. The molecule has 100 valence electrons. The summed E-state index contributed by atoms with van der Waals surface area (Å²) in [6, 6.07) is -0.603. The number of esters is 1. The van der Waals surface area contributed by atoms with Crippen molar-refractivity contribution in [3.05, 3.63) is 0 Å². The van der Waals surface area contributed by atoms with Gasteiger partial charge in [-0.1, -0.05) is 20.3 Å². The quantitative estimate of drug-likeness (QED) is 0.682. The molecule has 0 aromatic rings. The van der Waals surface area contributed by atoms with Gasteiger partial charge in [-0.05, 0) is 19.8 Å². The molecule has 0 rings (SSSR count). The minimum atomic E-state index is -0.603. The number of hydrogen-bond donors (Lipinski definition) is 1. The molecule has 0 aliphatic carbocycles. The largest absolute Gasteiger partial charge is 0.467 e. The Kier molecular flexibility index (Phi) is 7.54. The van der Waals surface area contributed by atoms with Gasteiger partial charge in [-0.3, -0.25) is 4.79 Å². The minimum Gasteiger partial charge on any atom is -0.467 e. The summed E-state index contributed by atoms with van der Waals surface area (Å²) < 4.78 is 9.83. The average molecular weight is 245 g/mol. The van der Waals surface area contributed by atoms with Crippen molar-refractivity contribution in [1.82, 2.24) is 5.32 Å². The molecule has 0 radical (unpaired) electrons. The lowest BCUT2D eigenvalue weighted by Crippen LogP contribution is -2.47. The third-order valence-electron chi connectivity index (χ3n) is 2.53. The van der Waals surface area contributed by atoms with E-state index in [1.54, 1.807) is 0 Å². The lowest BCUT2D eigenvalue weighted by molar-refractivity contribution is -0.147. The molecule has 0 aliphatic heterocycles. The second kappa shape index (κ2) is 8.06. The second-order valence-electron chi connectivity index (χ2n) is 4.31. The van der Waals surface area contributed by atoms with Crippen LogP contribution in [0.3, 0.4) is 0 Å². The molecule has 0 aromatic carbocycles. The molecule has 0 spiro atoms. The van der Waals surface area contributed by atoms with E-state index in [0.717, 1.165) is 6.42 Å². The first-order valence-corrected chi connectivity index (χ1v) is 5.91. The molecule has 0 saturated carbocycles. The lowest BCUT2D eigenvalue weighted by Gasteiger charge is -2.22. The first-order valence-electron chi connectivity index (χ1n) is 5.91. The smallest absolute Gasteiger partial charge is 0.328 e. The topological polar surface area (TPSA) is 64.6 Å². The van der Waals surface area contributed by atoms with E-state index in [9.17, 15) is 9.59 Å². The van der Waals surface area contributed by atoms with Gasteiger partial charge >= 0.3 is 5.97 Å². The summed E-state index contributed by atoms with van der Waals surface area (Å²) in [5.41, 5.74) is 0. The van der Waals surface area contributed by atoms with Crippen molar-refractivity contribution < 1.29 is 19.1 Å². The van der Waals surface area contributed by atoms with Gasteiger partial charge in [0.15, 0.2) is 0 Å². The zero-order valence-corrected chi connectivity index (χ0v) is 11.3. The van der Waals surface area contributed by atoms with Crippen molar-refractivity contribution in [1.29, 1.82) is 0 Å². The molecule has 0 heterocycles. The molecule has 0 aromatic heterocycles. The van der Waals surface area contributed by atoms with Crippen LogP contribution in [0.5, 0.6) is 0 Å². The van der Waals surface area contributed by atoms with E-state index in [1.807, 2.05) is 27.7 Å². The molecule has 5 nitrogen and oxygen atoms in total. The van der Waals surface area contributed by atoms with Crippen LogP contribution in [0.1, 0.15) is 34.1 Å². The van der Waals surface area contributed by atoms with Crippen LogP contribution in [0.4, 0.5) is 0 Å². The maximum atomic E-state index is 11.6. The summed E-state index contributed by atoms with van der Waals surface area (Å²) in [6.07, 6.45) is 0.770. The zero-order valence-electron chi connectivity index (χ0n) is 11.3. The average Bonchev–Trinajstić information content (AvgIpc) is 2.31. The molecule has 0 aliphatic rings. The van der Waals surface area contributed by atoms with Crippen LogP contribution >= 0.6 is 0 Å². The fraction of sp³-hybridized carbons (Fsp3) is 0.833. The second-order valence-corrected chi connectivity index (χ2v) is 4.31. The summed E-state index contributed by atoms with van der Waals surface area (Å²) in [6.45, 7) is 7.50. The number of rotatable bonds is 7. The Morgan fingerprint density at radius 3 is 2.24 bits per heavy atom. The predicted octanol–water partition coefficient (Wildman–Crippen LogP) is 1.12. The fourth-order valence-electron chi connectivity index (χ4n) is 1.25. The van der Waals surface area contributed by atoms with Crippen molar-refractivity contribution in [3.8, 4) is 0 Å². The van der Waals surface area contributed by atoms with Crippen LogP contribution in [-0.2, 0) is 19.1 Å². The molecular formula is C12H23NO4. The van der Waals surface area contributed by atoms with Crippen LogP contribution in [0.25, 0.3) is 0 Å². The van der Waals surface area contributed by atoms with Crippen LogP contribution in [-0.4, -0.2) is 37.7 Å². The van der Waals surface area contributed by atoms with Gasteiger partial charge < -0.3 is 14.8 Å². The molecule has 17 heavy (non-hydrogen) atoms. The summed E-state index contributed by atoms with van der Waals surface area (Å²) >= 11 is 0. The Morgan fingerprint density at radius 2 is 1.82 bits per heavy atom.